The molecule has 0 saturated heterocycles. The lowest BCUT2D eigenvalue weighted by atomic mass is 10.0. The van der Waals surface area contributed by atoms with Gasteiger partial charge in [-0.2, -0.15) is 5.10 Å². The summed E-state index contributed by atoms with van der Waals surface area (Å²) in [5.41, 5.74) is 1.69. The Morgan fingerprint density at radius 2 is 1.85 bits per heavy atom. The van der Waals surface area contributed by atoms with Crippen LogP contribution in [0.4, 0.5) is 4.39 Å². The number of nitrogens with one attached hydrogen (secondary N) is 1. The van der Waals surface area contributed by atoms with Gasteiger partial charge in [-0.15, -0.1) is 0 Å². The molecule has 0 spiro atoms. The zero-order chi connectivity index (χ0) is 19.3. The average molecular weight is 361 g/mol. The van der Waals surface area contributed by atoms with E-state index in [2.05, 4.69) is 24.3 Å². The zero-order valence-electron chi connectivity index (χ0n) is 15.2. The molecule has 0 aliphatic rings. The summed E-state index contributed by atoms with van der Waals surface area (Å²) in [6.07, 6.45) is 3.01. The van der Waals surface area contributed by atoms with E-state index < -0.39 is 23.7 Å². The number of benzene rings is 1. The van der Waals surface area contributed by atoms with Crippen LogP contribution in [0.2, 0.25) is 0 Å². The smallest absolute Gasteiger partial charge is 0.305 e. The van der Waals surface area contributed by atoms with Crippen molar-refractivity contribution in [1.29, 1.82) is 0 Å². The lowest BCUT2D eigenvalue weighted by molar-refractivity contribution is -0.137. The summed E-state index contributed by atoms with van der Waals surface area (Å²) in [6, 6.07) is 4.90. The van der Waals surface area contributed by atoms with Crippen molar-refractivity contribution >= 4 is 11.9 Å². The summed E-state index contributed by atoms with van der Waals surface area (Å²) >= 11 is 0. The van der Waals surface area contributed by atoms with Crippen molar-refractivity contribution in [2.45, 2.75) is 52.1 Å². The molecule has 1 heterocycles. The first-order valence-electron chi connectivity index (χ1n) is 8.69. The van der Waals surface area contributed by atoms with Gasteiger partial charge in [0, 0.05) is 5.69 Å². The molecule has 2 rings (SSSR count). The molecule has 26 heavy (non-hydrogen) atoms. The van der Waals surface area contributed by atoms with Crippen LogP contribution < -0.4 is 5.32 Å². The number of aliphatic carboxylic acids is 1. The number of rotatable bonds is 8. The molecule has 1 aromatic heterocycles. The predicted octanol–water partition coefficient (Wildman–Crippen LogP) is 3.64. The summed E-state index contributed by atoms with van der Waals surface area (Å²) in [4.78, 5) is 23.8. The molecule has 0 saturated carbocycles. The molecule has 2 N–H and O–H groups in total. The molecular weight excluding hydrogens is 337 g/mol. The van der Waals surface area contributed by atoms with Crippen molar-refractivity contribution in [3.05, 3.63) is 53.1 Å². The van der Waals surface area contributed by atoms with E-state index in [1.807, 2.05) is 11.6 Å². The highest BCUT2D eigenvalue weighted by Gasteiger charge is 2.23. The Kier molecular flexibility index (Phi) is 6.49. The largest absolute Gasteiger partial charge is 0.481 e. The molecule has 6 nitrogen and oxygen atoms in total. The lowest BCUT2D eigenvalue weighted by Crippen LogP contribution is -2.30. The Labute approximate surface area is 152 Å². The summed E-state index contributed by atoms with van der Waals surface area (Å²) in [7, 11) is 0. The molecule has 0 radical (unpaired) electrons. The first-order valence-corrected chi connectivity index (χ1v) is 8.69. The fourth-order valence-corrected chi connectivity index (χ4v) is 3.01. The number of hydrogen-bond acceptors (Lipinski definition) is 3. The van der Waals surface area contributed by atoms with Gasteiger partial charge < -0.3 is 10.4 Å². The summed E-state index contributed by atoms with van der Waals surface area (Å²) < 4.78 is 15.0. The molecule has 140 valence electrons. The Hall–Kier alpha value is -2.70. The Morgan fingerprint density at radius 3 is 2.38 bits per heavy atom. The Morgan fingerprint density at radius 1 is 1.23 bits per heavy atom. The molecule has 0 aliphatic heterocycles. The first kappa shape index (κ1) is 19.6. The van der Waals surface area contributed by atoms with Crippen molar-refractivity contribution in [3.63, 3.8) is 0 Å². The second-order valence-corrected chi connectivity index (χ2v) is 6.23. The second kappa shape index (κ2) is 8.60. The van der Waals surface area contributed by atoms with E-state index in [0.29, 0.717) is 11.1 Å². The van der Waals surface area contributed by atoms with Gasteiger partial charge in [0.2, 0.25) is 0 Å². The monoisotopic (exact) mass is 361 g/mol. The molecule has 7 heteroatoms. The van der Waals surface area contributed by atoms with Crippen molar-refractivity contribution in [1.82, 2.24) is 15.1 Å². The van der Waals surface area contributed by atoms with Crippen molar-refractivity contribution < 1.29 is 19.1 Å². The third-order valence-electron chi connectivity index (χ3n) is 4.53. The number of carbonyl (C=O) groups is 2. The van der Waals surface area contributed by atoms with Gasteiger partial charge in [0.1, 0.15) is 5.82 Å². The second-order valence-electron chi connectivity index (χ2n) is 6.23. The van der Waals surface area contributed by atoms with E-state index in [0.717, 1.165) is 18.5 Å². The van der Waals surface area contributed by atoms with Gasteiger partial charge in [-0.05, 0) is 37.5 Å². The average Bonchev–Trinajstić information content (AvgIpc) is 2.97. The number of aromatic nitrogens is 2. The van der Waals surface area contributed by atoms with Gasteiger partial charge in [-0.3, -0.25) is 14.3 Å². The predicted molar refractivity (Wildman–Crippen MR) is 95.4 cm³/mol. The molecule has 1 aromatic carbocycles. The maximum absolute atomic E-state index is 13.1. The number of carbonyl (C=O) groups excluding carboxylic acids is 1. The van der Waals surface area contributed by atoms with Crippen LogP contribution in [0, 0.1) is 12.7 Å². The minimum absolute atomic E-state index is 0.212. The van der Waals surface area contributed by atoms with E-state index >= 15 is 0 Å². The van der Waals surface area contributed by atoms with Gasteiger partial charge in [-0.25, -0.2) is 4.39 Å². The number of hydrogen-bond donors (Lipinski definition) is 2. The van der Waals surface area contributed by atoms with Crippen molar-refractivity contribution in [2.24, 2.45) is 0 Å². The van der Waals surface area contributed by atoms with Gasteiger partial charge >= 0.3 is 5.97 Å². The maximum Gasteiger partial charge on any atom is 0.305 e. The normalized spacial score (nSPS) is 12.2. The van der Waals surface area contributed by atoms with Crippen LogP contribution >= 0.6 is 0 Å². The summed E-state index contributed by atoms with van der Waals surface area (Å²) in [5.74, 6) is -1.87. The third kappa shape index (κ3) is 4.47. The molecular formula is C19H24FN3O3. The molecule has 0 aliphatic carbocycles. The molecule has 0 bridgehead atoms. The third-order valence-corrected chi connectivity index (χ3v) is 4.53. The number of carboxylic acids is 1. The molecule has 2 aromatic rings. The van der Waals surface area contributed by atoms with Crippen LogP contribution in [-0.4, -0.2) is 26.8 Å². The quantitative estimate of drug-likeness (QED) is 0.752. The molecule has 1 unspecified atom stereocenters. The van der Waals surface area contributed by atoms with Gasteiger partial charge in [0.05, 0.1) is 30.3 Å². The van der Waals surface area contributed by atoms with Crippen LogP contribution in [-0.2, 0) is 4.79 Å². The van der Waals surface area contributed by atoms with E-state index in [-0.39, 0.29) is 12.5 Å². The summed E-state index contributed by atoms with van der Waals surface area (Å²) in [6.45, 7) is 5.95. The Balaban J connectivity index is 2.24. The minimum atomic E-state index is -1.05. The maximum atomic E-state index is 13.1. The van der Waals surface area contributed by atoms with Crippen LogP contribution in [0.3, 0.4) is 0 Å². The number of halogens is 1. The van der Waals surface area contributed by atoms with Gasteiger partial charge in [0.25, 0.3) is 5.91 Å². The van der Waals surface area contributed by atoms with Crippen molar-refractivity contribution in [2.75, 3.05) is 0 Å². The Bertz CT molecular complexity index is 767. The highest BCUT2D eigenvalue weighted by Crippen LogP contribution is 2.22. The van der Waals surface area contributed by atoms with E-state index in [1.165, 1.54) is 30.5 Å². The summed E-state index contributed by atoms with van der Waals surface area (Å²) in [5, 5.41) is 16.2. The zero-order valence-corrected chi connectivity index (χ0v) is 15.2. The van der Waals surface area contributed by atoms with Crippen LogP contribution in [0.15, 0.2) is 30.5 Å². The van der Waals surface area contributed by atoms with Crippen molar-refractivity contribution in [3.8, 4) is 0 Å². The van der Waals surface area contributed by atoms with E-state index in [4.69, 9.17) is 5.11 Å². The lowest BCUT2D eigenvalue weighted by Gasteiger charge is -2.18. The van der Waals surface area contributed by atoms with Crippen LogP contribution in [0.5, 0.6) is 0 Å². The highest BCUT2D eigenvalue weighted by molar-refractivity contribution is 5.95. The number of amides is 1. The van der Waals surface area contributed by atoms with Crippen LogP contribution in [0.25, 0.3) is 0 Å². The van der Waals surface area contributed by atoms with E-state index in [1.54, 1.807) is 0 Å². The topological polar surface area (TPSA) is 84.2 Å². The molecule has 1 amide bonds. The standard InChI is InChI=1S/C19H24FN3O3/c1-4-15(5-2)23-12(3)16(11-21-23)19(26)22-17(10-18(24)25)13-6-8-14(20)9-7-13/h6-9,11,15,17H,4-5,10H2,1-3H3,(H,22,26)(H,24,25). The molecule has 0 fully saturated rings. The minimum Gasteiger partial charge on any atom is -0.481 e. The SMILES string of the molecule is CCC(CC)n1ncc(C(=O)NC(CC(=O)O)c2ccc(F)cc2)c1C. The van der Waals surface area contributed by atoms with Gasteiger partial charge in [-0.1, -0.05) is 26.0 Å². The molecule has 1 atom stereocenters. The number of nitrogens with zero attached hydrogens (tertiary/aromatic N) is 2. The van der Waals surface area contributed by atoms with Crippen LogP contribution in [0.1, 0.15) is 66.8 Å². The first-order chi connectivity index (χ1) is 12.4. The fourth-order valence-electron chi connectivity index (χ4n) is 3.01. The van der Waals surface area contributed by atoms with Gasteiger partial charge in [0.15, 0.2) is 0 Å². The number of carboxylic acid groups (broad SMARTS) is 1. The van der Waals surface area contributed by atoms with E-state index in [9.17, 15) is 14.0 Å². The highest BCUT2D eigenvalue weighted by atomic mass is 19.1. The fraction of sp³-hybridized carbons (Fsp3) is 0.421.